The number of aryl methyl sites for hydroxylation is 1. The van der Waals surface area contributed by atoms with Gasteiger partial charge >= 0.3 is 0 Å². The van der Waals surface area contributed by atoms with Gasteiger partial charge in [0.05, 0.1) is 22.7 Å². The molecule has 0 unspecified atom stereocenters. The van der Waals surface area contributed by atoms with Crippen LogP contribution in [0.15, 0.2) is 84.2 Å². The highest BCUT2D eigenvalue weighted by Gasteiger charge is 2.33. The number of carbonyl (C=O) groups excluding carboxylic acids is 1. The molecule has 2 aliphatic heterocycles. The highest BCUT2D eigenvalue weighted by Crippen LogP contribution is 2.43. The third-order valence-electron chi connectivity index (χ3n) is 5.47. The molecule has 4 nitrogen and oxygen atoms in total. The molecule has 3 heterocycles. The first-order valence-electron chi connectivity index (χ1n) is 9.99. The SMILES string of the molecule is Cc1ncc(C2=CC=CN3C(C4CC4)=C=CC=C23)cc1C(=O)Nc1ccc(F)cc1. The third-order valence-corrected chi connectivity index (χ3v) is 5.47. The number of nitrogens with one attached hydrogen (secondary N) is 1. The van der Waals surface area contributed by atoms with Gasteiger partial charge in [0.15, 0.2) is 0 Å². The van der Waals surface area contributed by atoms with Crippen LogP contribution in [0.25, 0.3) is 5.57 Å². The fraction of sp³-hybridized carbons (Fsp3) is 0.160. The Hall–Kier alpha value is -3.69. The molecule has 1 amide bonds. The molecule has 1 aromatic carbocycles. The molecule has 30 heavy (non-hydrogen) atoms. The average Bonchev–Trinajstić information content (AvgIpc) is 3.60. The first-order valence-corrected chi connectivity index (χ1v) is 9.99. The molecule has 1 aliphatic carbocycles. The maximum atomic E-state index is 13.1. The Kier molecular flexibility index (Phi) is 4.46. The van der Waals surface area contributed by atoms with Crippen LogP contribution in [0.1, 0.15) is 34.5 Å². The number of hydrogen-bond acceptors (Lipinski definition) is 3. The highest BCUT2D eigenvalue weighted by molar-refractivity contribution is 6.05. The number of hydrogen-bond donors (Lipinski definition) is 1. The van der Waals surface area contributed by atoms with E-state index in [1.165, 1.54) is 42.8 Å². The second-order valence-electron chi connectivity index (χ2n) is 7.63. The molecule has 1 aromatic heterocycles. The Morgan fingerprint density at radius 1 is 1.23 bits per heavy atom. The lowest BCUT2D eigenvalue weighted by atomic mass is 9.96. The zero-order chi connectivity index (χ0) is 20.7. The number of pyridine rings is 1. The van der Waals surface area contributed by atoms with Crippen molar-refractivity contribution in [2.24, 2.45) is 5.92 Å². The van der Waals surface area contributed by atoms with Crippen molar-refractivity contribution in [2.45, 2.75) is 19.8 Å². The summed E-state index contributed by atoms with van der Waals surface area (Å²) >= 11 is 0. The molecule has 5 rings (SSSR count). The van der Waals surface area contributed by atoms with Crippen LogP contribution in [0.2, 0.25) is 0 Å². The minimum Gasteiger partial charge on any atom is -0.322 e. The van der Waals surface area contributed by atoms with E-state index in [1.54, 1.807) is 13.1 Å². The van der Waals surface area contributed by atoms with Crippen LogP contribution in [0, 0.1) is 18.7 Å². The highest BCUT2D eigenvalue weighted by atomic mass is 19.1. The number of fused-ring (bicyclic) bond motifs is 1. The van der Waals surface area contributed by atoms with E-state index in [-0.39, 0.29) is 11.7 Å². The van der Waals surface area contributed by atoms with Gasteiger partial charge in [0.1, 0.15) is 5.82 Å². The summed E-state index contributed by atoms with van der Waals surface area (Å²) in [7, 11) is 0. The average molecular weight is 397 g/mol. The summed E-state index contributed by atoms with van der Waals surface area (Å²) in [5.41, 5.74) is 9.19. The molecule has 148 valence electrons. The van der Waals surface area contributed by atoms with Gasteiger partial charge in [-0.25, -0.2) is 4.39 Å². The zero-order valence-electron chi connectivity index (χ0n) is 16.5. The van der Waals surface area contributed by atoms with Gasteiger partial charge in [-0.3, -0.25) is 9.78 Å². The number of rotatable bonds is 4. The van der Waals surface area contributed by atoms with Crippen LogP contribution in [0.4, 0.5) is 10.1 Å². The van der Waals surface area contributed by atoms with E-state index in [2.05, 4.69) is 27.1 Å². The van der Waals surface area contributed by atoms with Crippen molar-refractivity contribution in [3.63, 3.8) is 0 Å². The Bertz CT molecular complexity index is 1190. The second-order valence-corrected chi connectivity index (χ2v) is 7.63. The van der Waals surface area contributed by atoms with Gasteiger partial charge in [-0.15, -0.1) is 0 Å². The van der Waals surface area contributed by atoms with Crippen LogP contribution in [0.3, 0.4) is 0 Å². The molecule has 1 fully saturated rings. The Morgan fingerprint density at radius 3 is 2.80 bits per heavy atom. The second kappa shape index (κ2) is 7.29. The molecule has 0 saturated heterocycles. The van der Waals surface area contributed by atoms with Gasteiger partial charge < -0.3 is 10.2 Å². The number of anilines is 1. The minimum atomic E-state index is -0.343. The third kappa shape index (κ3) is 3.40. The lowest BCUT2D eigenvalue weighted by molar-refractivity contribution is 0.102. The van der Waals surface area contributed by atoms with E-state index >= 15 is 0 Å². The lowest BCUT2D eigenvalue weighted by Gasteiger charge is -2.30. The molecule has 0 bridgehead atoms. The Balaban J connectivity index is 1.45. The first-order chi connectivity index (χ1) is 14.6. The predicted molar refractivity (Wildman–Crippen MR) is 115 cm³/mol. The molecule has 0 radical (unpaired) electrons. The minimum absolute atomic E-state index is 0.270. The van der Waals surface area contributed by atoms with Crippen molar-refractivity contribution >= 4 is 17.2 Å². The summed E-state index contributed by atoms with van der Waals surface area (Å²) in [6.45, 7) is 1.81. The molecule has 1 saturated carbocycles. The van der Waals surface area contributed by atoms with Crippen LogP contribution >= 0.6 is 0 Å². The van der Waals surface area contributed by atoms with E-state index < -0.39 is 0 Å². The summed E-state index contributed by atoms with van der Waals surface area (Å²) in [6, 6.07) is 7.58. The fourth-order valence-corrected chi connectivity index (χ4v) is 3.73. The number of aromatic nitrogens is 1. The normalized spacial score (nSPS) is 17.1. The van der Waals surface area contributed by atoms with Crippen molar-refractivity contribution in [1.82, 2.24) is 9.88 Å². The summed E-state index contributed by atoms with van der Waals surface area (Å²) in [5.74, 6) is -0.0420. The van der Waals surface area contributed by atoms with E-state index in [0.29, 0.717) is 22.9 Å². The van der Waals surface area contributed by atoms with E-state index in [1.807, 2.05) is 30.4 Å². The topological polar surface area (TPSA) is 45.2 Å². The first kappa shape index (κ1) is 18.3. The monoisotopic (exact) mass is 397 g/mol. The van der Waals surface area contributed by atoms with Crippen molar-refractivity contribution in [2.75, 3.05) is 5.32 Å². The predicted octanol–water partition coefficient (Wildman–Crippen LogP) is 5.34. The number of carbonyl (C=O) groups is 1. The number of nitrogens with zero attached hydrogens (tertiary/aromatic N) is 2. The number of halogens is 1. The summed E-state index contributed by atoms with van der Waals surface area (Å²) in [6.07, 6.45) is 14.3. The summed E-state index contributed by atoms with van der Waals surface area (Å²) < 4.78 is 13.1. The van der Waals surface area contributed by atoms with Crippen molar-refractivity contribution in [3.05, 3.63) is 107 Å². The van der Waals surface area contributed by atoms with Crippen molar-refractivity contribution in [3.8, 4) is 0 Å². The van der Waals surface area contributed by atoms with Gasteiger partial charge in [0.2, 0.25) is 0 Å². The molecule has 3 aliphatic rings. The van der Waals surface area contributed by atoms with Gasteiger partial charge in [-0.2, -0.15) is 0 Å². The Morgan fingerprint density at radius 2 is 2.03 bits per heavy atom. The van der Waals surface area contributed by atoms with Gasteiger partial charge in [-0.05, 0) is 68.3 Å². The van der Waals surface area contributed by atoms with Crippen LogP contribution in [0.5, 0.6) is 0 Å². The lowest BCUT2D eigenvalue weighted by Crippen LogP contribution is -2.22. The number of amides is 1. The fourth-order valence-electron chi connectivity index (χ4n) is 3.73. The van der Waals surface area contributed by atoms with Gasteiger partial charge in [-0.1, -0.05) is 11.8 Å². The molecule has 5 heteroatoms. The largest absolute Gasteiger partial charge is 0.322 e. The zero-order valence-corrected chi connectivity index (χ0v) is 16.5. The number of allylic oxidation sites excluding steroid dienone is 5. The van der Waals surface area contributed by atoms with Crippen LogP contribution < -0.4 is 5.32 Å². The smallest absolute Gasteiger partial charge is 0.257 e. The standard InChI is InChI=1S/C25H20FN3O/c1-16-22(25(30)28-20-11-9-19(26)10-12-20)14-18(15-27-16)21-4-3-13-29-23(17-7-8-17)5-2-6-24(21)29/h2-4,6,9-15,17H,7-8H2,1H3,(H,28,30). The van der Waals surface area contributed by atoms with Crippen molar-refractivity contribution < 1.29 is 9.18 Å². The van der Waals surface area contributed by atoms with Crippen molar-refractivity contribution in [1.29, 1.82) is 0 Å². The molecule has 2 aromatic rings. The summed E-state index contributed by atoms with van der Waals surface area (Å²) in [5, 5.41) is 2.82. The Labute approximate surface area is 174 Å². The quantitative estimate of drug-likeness (QED) is 0.709. The molecular formula is C25H20FN3O. The van der Waals surface area contributed by atoms with Crippen LogP contribution in [-0.2, 0) is 0 Å². The maximum Gasteiger partial charge on any atom is 0.257 e. The number of benzene rings is 1. The van der Waals surface area contributed by atoms with Gasteiger partial charge in [0.25, 0.3) is 5.91 Å². The summed E-state index contributed by atoms with van der Waals surface area (Å²) in [4.78, 5) is 19.5. The molecule has 0 atom stereocenters. The molecule has 1 N–H and O–H groups in total. The molecule has 0 spiro atoms. The molecular weight excluding hydrogens is 377 g/mol. The van der Waals surface area contributed by atoms with Crippen LogP contribution in [-0.4, -0.2) is 15.8 Å². The van der Waals surface area contributed by atoms with Gasteiger partial charge in [0, 0.05) is 35.1 Å². The van der Waals surface area contributed by atoms with E-state index in [4.69, 9.17) is 0 Å². The van der Waals surface area contributed by atoms with E-state index in [9.17, 15) is 9.18 Å². The van der Waals surface area contributed by atoms with E-state index in [0.717, 1.165) is 16.8 Å². The maximum absolute atomic E-state index is 13.1.